The average Bonchev–Trinajstić information content (AvgIpc) is 2.64. The Morgan fingerprint density at radius 2 is 2.20 bits per heavy atom. The molecule has 8 heteroatoms. The number of aliphatic hydroxyl groups is 3. The van der Waals surface area contributed by atoms with Gasteiger partial charge in [0.15, 0.2) is 5.72 Å². The predicted molar refractivity (Wildman–Crippen MR) is 66.2 cm³/mol. The minimum absolute atomic E-state index is 0.320. The summed E-state index contributed by atoms with van der Waals surface area (Å²) in [7, 11) is 0. The Morgan fingerprint density at radius 1 is 1.45 bits per heavy atom. The van der Waals surface area contributed by atoms with Crippen LogP contribution in [-0.2, 0) is 16.9 Å². The molecule has 0 saturated carbocycles. The second-order valence-electron chi connectivity index (χ2n) is 5.24. The highest BCUT2D eigenvalue weighted by Gasteiger charge is 2.56. The smallest absolute Gasteiger partial charge is 0.330 e. The number of aromatic nitrogens is 2. The zero-order valence-electron chi connectivity index (χ0n) is 10.7. The highest BCUT2D eigenvalue weighted by atomic mass is 16.6. The molecule has 0 aliphatic carbocycles. The van der Waals surface area contributed by atoms with Gasteiger partial charge < -0.3 is 20.1 Å². The number of nitrogens with zero attached hydrogens (tertiary/aromatic N) is 1. The molecule has 1 saturated heterocycles. The molecule has 1 spiro atoms. The van der Waals surface area contributed by atoms with Gasteiger partial charge in [-0.3, -0.25) is 14.3 Å². The maximum Gasteiger partial charge on any atom is 0.330 e. The number of aliphatic hydroxyl groups excluding tert-OH is 3. The van der Waals surface area contributed by atoms with Gasteiger partial charge in [-0.2, -0.15) is 0 Å². The summed E-state index contributed by atoms with van der Waals surface area (Å²) in [6.45, 7) is -0.465. The van der Waals surface area contributed by atoms with E-state index in [4.69, 9.17) is 4.74 Å². The summed E-state index contributed by atoms with van der Waals surface area (Å²) in [6, 6.07) is 1.29. The van der Waals surface area contributed by atoms with Gasteiger partial charge in [-0.05, 0) is 19.3 Å². The standard InChI is InChI=1S/C12H16N2O6/c15-5-7-9(17)10(18)12(20-7)3-1-2-6-4-8(16)13-11(19)14(6)12/h4,7,9-10,15,17-18H,1-3,5H2,(H,13,16,19)/t7-,9-,10?,12-/m1/s1. The number of nitrogens with one attached hydrogen (secondary N) is 1. The summed E-state index contributed by atoms with van der Waals surface area (Å²) in [5.74, 6) is 0. The summed E-state index contributed by atoms with van der Waals surface area (Å²) in [5, 5.41) is 29.4. The van der Waals surface area contributed by atoms with Crippen molar-refractivity contribution in [1.82, 2.24) is 9.55 Å². The maximum absolute atomic E-state index is 12.1. The number of aromatic amines is 1. The first kappa shape index (κ1) is 13.5. The lowest BCUT2D eigenvalue weighted by molar-refractivity contribution is -0.162. The van der Waals surface area contributed by atoms with Crippen molar-refractivity contribution in [3.05, 3.63) is 32.6 Å². The second kappa shape index (κ2) is 4.52. The summed E-state index contributed by atoms with van der Waals surface area (Å²) >= 11 is 0. The van der Waals surface area contributed by atoms with E-state index in [0.29, 0.717) is 25.0 Å². The second-order valence-corrected chi connectivity index (χ2v) is 5.24. The molecule has 3 heterocycles. The molecule has 2 aliphatic rings. The molecule has 3 rings (SSSR count). The molecule has 1 aromatic heterocycles. The largest absolute Gasteiger partial charge is 0.394 e. The lowest BCUT2D eigenvalue weighted by atomic mass is 9.92. The van der Waals surface area contributed by atoms with Crippen molar-refractivity contribution in [2.45, 2.75) is 43.3 Å². The molecule has 1 aromatic rings. The van der Waals surface area contributed by atoms with Crippen molar-refractivity contribution in [2.24, 2.45) is 0 Å². The molecule has 0 aromatic carbocycles. The van der Waals surface area contributed by atoms with Crippen LogP contribution in [0.15, 0.2) is 15.7 Å². The molecule has 20 heavy (non-hydrogen) atoms. The zero-order valence-corrected chi connectivity index (χ0v) is 10.7. The fraction of sp³-hybridized carbons (Fsp3) is 0.667. The molecule has 4 N–H and O–H groups in total. The minimum Gasteiger partial charge on any atom is -0.394 e. The summed E-state index contributed by atoms with van der Waals surface area (Å²) < 4.78 is 6.80. The van der Waals surface area contributed by atoms with E-state index in [1.165, 1.54) is 10.6 Å². The van der Waals surface area contributed by atoms with Gasteiger partial charge >= 0.3 is 5.69 Å². The van der Waals surface area contributed by atoms with Crippen LogP contribution < -0.4 is 11.2 Å². The number of fused-ring (bicyclic) bond motifs is 2. The van der Waals surface area contributed by atoms with Crippen molar-refractivity contribution >= 4 is 0 Å². The first-order valence-electron chi connectivity index (χ1n) is 6.50. The fourth-order valence-corrected chi connectivity index (χ4v) is 3.19. The van der Waals surface area contributed by atoms with E-state index in [9.17, 15) is 24.9 Å². The Balaban J connectivity index is 2.20. The minimum atomic E-state index is -1.43. The van der Waals surface area contributed by atoms with Crippen molar-refractivity contribution in [3.63, 3.8) is 0 Å². The van der Waals surface area contributed by atoms with Crippen LogP contribution >= 0.6 is 0 Å². The van der Waals surface area contributed by atoms with Crippen LogP contribution in [0.4, 0.5) is 0 Å². The van der Waals surface area contributed by atoms with Crippen LogP contribution in [0.25, 0.3) is 0 Å². The first-order valence-corrected chi connectivity index (χ1v) is 6.50. The molecule has 0 bridgehead atoms. The molecule has 110 valence electrons. The molecule has 0 amide bonds. The van der Waals surface area contributed by atoms with Gasteiger partial charge in [0.2, 0.25) is 0 Å². The van der Waals surface area contributed by atoms with Crippen LogP contribution in [0.3, 0.4) is 0 Å². The topological polar surface area (TPSA) is 125 Å². The van der Waals surface area contributed by atoms with E-state index in [2.05, 4.69) is 4.98 Å². The molecular formula is C12H16N2O6. The van der Waals surface area contributed by atoms with Crippen molar-refractivity contribution in [3.8, 4) is 0 Å². The summed E-state index contributed by atoms with van der Waals surface area (Å²) in [5.41, 5.74) is -2.17. The zero-order chi connectivity index (χ0) is 14.5. The van der Waals surface area contributed by atoms with Crippen LogP contribution in [-0.4, -0.2) is 49.8 Å². The SMILES string of the molecule is O=c1cc2n(c(=O)[nH]1)[C@]1(CCC2)O[C@H](CO)[C@@H](O)C1O. The normalized spacial score (nSPS) is 36.2. The molecule has 1 fully saturated rings. The third-order valence-electron chi connectivity index (χ3n) is 4.07. The van der Waals surface area contributed by atoms with Crippen LogP contribution in [0.2, 0.25) is 0 Å². The van der Waals surface area contributed by atoms with Crippen molar-refractivity contribution in [1.29, 1.82) is 0 Å². The maximum atomic E-state index is 12.1. The highest BCUT2D eigenvalue weighted by molar-refractivity contribution is 5.12. The van der Waals surface area contributed by atoms with E-state index in [0.717, 1.165) is 0 Å². The van der Waals surface area contributed by atoms with E-state index >= 15 is 0 Å². The number of hydrogen-bond donors (Lipinski definition) is 4. The molecular weight excluding hydrogens is 268 g/mol. The fourth-order valence-electron chi connectivity index (χ4n) is 3.19. The quantitative estimate of drug-likeness (QED) is 0.457. The van der Waals surface area contributed by atoms with Crippen molar-refractivity contribution in [2.75, 3.05) is 6.61 Å². The summed E-state index contributed by atoms with van der Waals surface area (Å²) in [6.07, 6.45) is -2.16. The molecule has 2 aliphatic heterocycles. The van der Waals surface area contributed by atoms with E-state index in [1.807, 2.05) is 0 Å². The number of H-pyrrole nitrogens is 1. The van der Waals surface area contributed by atoms with Gasteiger partial charge in [0.25, 0.3) is 5.56 Å². The van der Waals surface area contributed by atoms with Crippen LogP contribution in [0, 0.1) is 0 Å². The third kappa shape index (κ3) is 1.69. The van der Waals surface area contributed by atoms with Gasteiger partial charge in [-0.25, -0.2) is 4.79 Å². The Labute approximate surface area is 113 Å². The number of rotatable bonds is 1. The first-order chi connectivity index (χ1) is 9.49. The Hall–Kier alpha value is -1.48. The molecule has 4 atom stereocenters. The highest BCUT2D eigenvalue weighted by Crippen LogP contribution is 2.41. The van der Waals surface area contributed by atoms with E-state index in [1.54, 1.807) is 0 Å². The van der Waals surface area contributed by atoms with Gasteiger partial charge in [0, 0.05) is 11.8 Å². The molecule has 8 nitrogen and oxygen atoms in total. The van der Waals surface area contributed by atoms with Gasteiger partial charge in [-0.15, -0.1) is 0 Å². The number of ether oxygens (including phenoxy) is 1. The van der Waals surface area contributed by atoms with Gasteiger partial charge in [0.05, 0.1) is 6.61 Å². The Morgan fingerprint density at radius 3 is 2.85 bits per heavy atom. The monoisotopic (exact) mass is 284 g/mol. The van der Waals surface area contributed by atoms with Gasteiger partial charge in [-0.1, -0.05) is 0 Å². The van der Waals surface area contributed by atoms with Crippen LogP contribution in [0.5, 0.6) is 0 Å². The number of aryl methyl sites for hydroxylation is 1. The predicted octanol–water partition coefficient (Wildman–Crippen LogP) is -2.36. The Bertz CT molecular complexity index is 638. The number of hydrogen-bond acceptors (Lipinski definition) is 6. The van der Waals surface area contributed by atoms with E-state index in [-0.39, 0.29) is 0 Å². The van der Waals surface area contributed by atoms with E-state index < -0.39 is 41.9 Å². The van der Waals surface area contributed by atoms with Crippen molar-refractivity contribution < 1.29 is 20.1 Å². The van der Waals surface area contributed by atoms with Gasteiger partial charge in [0.1, 0.15) is 18.3 Å². The molecule has 1 unspecified atom stereocenters. The molecule has 0 radical (unpaired) electrons. The lowest BCUT2D eigenvalue weighted by Gasteiger charge is -2.38. The average molecular weight is 284 g/mol. The summed E-state index contributed by atoms with van der Waals surface area (Å²) in [4.78, 5) is 25.6. The van der Waals surface area contributed by atoms with Crippen LogP contribution in [0.1, 0.15) is 18.5 Å². The Kier molecular flexibility index (Phi) is 3.05. The third-order valence-corrected chi connectivity index (χ3v) is 4.07. The lowest BCUT2D eigenvalue weighted by Crippen LogP contribution is -2.54.